The lowest BCUT2D eigenvalue weighted by atomic mass is 10.1. The SMILES string of the molecule is CN=C(NCCOC1CCCCCC1)NCCn1ccnc1.I. The predicted octanol–water partition coefficient (Wildman–Crippen LogP) is 2.41. The molecule has 2 rings (SSSR count). The maximum Gasteiger partial charge on any atom is 0.191 e. The minimum atomic E-state index is 0. The third kappa shape index (κ3) is 8.55. The molecule has 1 aliphatic rings. The zero-order valence-electron chi connectivity index (χ0n) is 14.0. The third-order valence-electron chi connectivity index (χ3n) is 4.00. The molecule has 1 aromatic heterocycles. The van der Waals surface area contributed by atoms with Gasteiger partial charge in [-0.05, 0) is 12.8 Å². The first-order valence-electron chi connectivity index (χ1n) is 8.40. The Balaban J connectivity index is 0.00000264. The molecule has 1 heterocycles. The zero-order chi connectivity index (χ0) is 15.5. The molecule has 0 aromatic carbocycles. The van der Waals surface area contributed by atoms with Crippen LogP contribution in [-0.2, 0) is 11.3 Å². The van der Waals surface area contributed by atoms with E-state index in [2.05, 4.69) is 20.6 Å². The highest BCUT2D eigenvalue weighted by atomic mass is 127. The summed E-state index contributed by atoms with van der Waals surface area (Å²) < 4.78 is 8.00. The predicted molar refractivity (Wildman–Crippen MR) is 104 cm³/mol. The van der Waals surface area contributed by atoms with E-state index in [9.17, 15) is 0 Å². The van der Waals surface area contributed by atoms with Gasteiger partial charge in [0.15, 0.2) is 5.96 Å². The molecule has 1 fully saturated rings. The van der Waals surface area contributed by atoms with E-state index in [1.165, 1.54) is 38.5 Å². The number of imidazole rings is 1. The number of aromatic nitrogens is 2. The van der Waals surface area contributed by atoms with E-state index in [4.69, 9.17) is 4.74 Å². The smallest absolute Gasteiger partial charge is 0.191 e. The van der Waals surface area contributed by atoms with Gasteiger partial charge in [-0.3, -0.25) is 4.99 Å². The number of nitrogens with zero attached hydrogens (tertiary/aromatic N) is 3. The summed E-state index contributed by atoms with van der Waals surface area (Å²) in [6.07, 6.45) is 13.8. The Morgan fingerprint density at radius 3 is 2.61 bits per heavy atom. The number of guanidine groups is 1. The highest BCUT2D eigenvalue weighted by Gasteiger charge is 2.11. The van der Waals surface area contributed by atoms with Gasteiger partial charge in [-0.25, -0.2) is 4.98 Å². The molecule has 0 aliphatic heterocycles. The average molecular weight is 435 g/mol. The summed E-state index contributed by atoms with van der Waals surface area (Å²) in [6.45, 7) is 3.23. The molecule has 7 heteroatoms. The fourth-order valence-electron chi connectivity index (χ4n) is 2.75. The van der Waals surface area contributed by atoms with Crippen molar-refractivity contribution < 1.29 is 4.74 Å². The first-order chi connectivity index (χ1) is 10.9. The second kappa shape index (κ2) is 12.6. The van der Waals surface area contributed by atoms with Crippen LogP contribution in [0.1, 0.15) is 38.5 Å². The van der Waals surface area contributed by atoms with Gasteiger partial charge >= 0.3 is 0 Å². The molecule has 0 radical (unpaired) electrons. The molecule has 2 N–H and O–H groups in total. The molecule has 0 saturated heterocycles. The number of hydrogen-bond donors (Lipinski definition) is 2. The second-order valence-electron chi connectivity index (χ2n) is 5.71. The van der Waals surface area contributed by atoms with Crippen LogP contribution in [0.25, 0.3) is 0 Å². The topological polar surface area (TPSA) is 63.5 Å². The lowest BCUT2D eigenvalue weighted by molar-refractivity contribution is 0.0468. The van der Waals surface area contributed by atoms with Crippen molar-refractivity contribution in [1.29, 1.82) is 0 Å². The van der Waals surface area contributed by atoms with Crippen molar-refractivity contribution in [3.05, 3.63) is 18.7 Å². The summed E-state index contributed by atoms with van der Waals surface area (Å²) in [5.41, 5.74) is 0. The molecule has 1 saturated carbocycles. The van der Waals surface area contributed by atoms with Gasteiger partial charge in [0.05, 0.1) is 19.0 Å². The monoisotopic (exact) mass is 435 g/mol. The van der Waals surface area contributed by atoms with Gasteiger partial charge in [0.25, 0.3) is 0 Å². The van der Waals surface area contributed by atoms with E-state index in [-0.39, 0.29) is 24.0 Å². The van der Waals surface area contributed by atoms with Crippen molar-refractivity contribution >= 4 is 29.9 Å². The van der Waals surface area contributed by atoms with Crippen LogP contribution in [0.2, 0.25) is 0 Å². The molecule has 0 unspecified atom stereocenters. The minimum absolute atomic E-state index is 0. The Bertz CT molecular complexity index is 416. The standard InChI is InChI=1S/C16H29N5O.HI/c1-17-16(19-9-12-21-11-8-18-14-21)20-10-13-22-15-6-4-2-3-5-7-15;/h8,11,14-15H,2-7,9-10,12-13H2,1H3,(H2,17,19,20);1H. The molecule has 6 nitrogen and oxygen atoms in total. The van der Waals surface area contributed by atoms with E-state index in [0.29, 0.717) is 6.10 Å². The van der Waals surface area contributed by atoms with Crippen LogP contribution in [0, 0.1) is 0 Å². The van der Waals surface area contributed by atoms with E-state index in [1.807, 2.05) is 17.1 Å². The maximum atomic E-state index is 5.96. The normalized spacial score (nSPS) is 16.5. The van der Waals surface area contributed by atoms with Gasteiger partial charge in [0, 0.05) is 39.1 Å². The highest BCUT2D eigenvalue weighted by Crippen LogP contribution is 2.19. The van der Waals surface area contributed by atoms with Crippen LogP contribution >= 0.6 is 24.0 Å². The van der Waals surface area contributed by atoms with Crippen LogP contribution < -0.4 is 10.6 Å². The Labute approximate surface area is 156 Å². The van der Waals surface area contributed by atoms with Crippen LogP contribution in [0.3, 0.4) is 0 Å². The maximum absolute atomic E-state index is 5.96. The van der Waals surface area contributed by atoms with Crippen molar-refractivity contribution in [3.63, 3.8) is 0 Å². The van der Waals surface area contributed by atoms with Crippen LogP contribution in [0.15, 0.2) is 23.7 Å². The molecule has 1 aromatic rings. The van der Waals surface area contributed by atoms with Gasteiger partial charge in [0.1, 0.15) is 0 Å². The van der Waals surface area contributed by atoms with Crippen LogP contribution in [0.4, 0.5) is 0 Å². The number of aliphatic imine (C=N–C) groups is 1. The molecule has 23 heavy (non-hydrogen) atoms. The summed E-state index contributed by atoms with van der Waals surface area (Å²) in [5.74, 6) is 0.824. The van der Waals surface area contributed by atoms with Gasteiger partial charge in [-0.2, -0.15) is 0 Å². The number of rotatable bonds is 7. The first-order valence-corrected chi connectivity index (χ1v) is 8.40. The average Bonchev–Trinajstić information content (AvgIpc) is 2.92. The summed E-state index contributed by atoms with van der Waals surface area (Å²) >= 11 is 0. The van der Waals surface area contributed by atoms with Crippen molar-refractivity contribution in [2.24, 2.45) is 4.99 Å². The van der Waals surface area contributed by atoms with E-state index < -0.39 is 0 Å². The van der Waals surface area contributed by atoms with Crippen molar-refractivity contribution in [1.82, 2.24) is 20.2 Å². The summed E-state index contributed by atoms with van der Waals surface area (Å²) in [5, 5.41) is 6.58. The fraction of sp³-hybridized carbons (Fsp3) is 0.750. The Morgan fingerprint density at radius 2 is 1.96 bits per heavy atom. The van der Waals surface area contributed by atoms with Gasteiger partial charge in [-0.15, -0.1) is 24.0 Å². The molecular weight excluding hydrogens is 405 g/mol. The summed E-state index contributed by atoms with van der Waals surface area (Å²) in [6, 6.07) is 0. The van der Waals surface area contributed by atoms with Crippen molar-refractivity contribution in [2.75, 3.05) is 26.7 Å². The zero-order valence-corrected chi connectivity index (χ0v) is 16.4. The molecule has 0 amide bonds. The number of halogens is 1. The van der Waals surface area contributed by atoms with E-state index >= 15 is 0 Å². The van der Waals surface area contributed by atoms with Gasteiger partial charge < -0.3 is 19.9 Å². The molecular formula is C16H30IN5O. The molecule has 0 atom stereocenters. The van der Waals surface area contributed by atoms with Gasteiger partial charge in [0.2, 0.25) is 0 Å². The lowest BCUT2D eigenvalue weighted by Gasteiger charge is -2.16. The molecule has 0 spiro atoms. The first kappa shape index (κ1) is 20.2. The molecule has 132 valence electrons. The van der Waals surface area contributed by atoms with E-state index in [1.54, 1.807) is 13.2 Å². The van der Waals surface area contributed by atoms with Crippen molar-refractivity contribution in [3.8, 4) is 0 Å². The second-order valence-corrected chi connectivity index (χ2v) is 5.71. The quantitative estimate of drug-likeness (QED) is 0.227. The third-order valence-corrected chi connectivity index (χ3v) is 4.00. The Morgan fingerprint density at radius 1 is 1.22 bits per heavy atom. The fourth-order valence-corrected chi connectivity index (χ4v) is 2.75. The number of hydrogen-bond acceptors (Lipinski definition) is 3. The Hall–Kier alpha value is -0.830. The number of ether oxygens (including phenoxy) is 1. The minimum Gasteiger partial charge on any atom is -0.376 e. The van der Waals surface area contributed by atoms with Crippen LogP contribution in [-0.4, -0.2) is 48.4 Å². The lowest BCUT2D eigenvalue weighted by Crippen LogP contribution is -2.40. The highest BCUT2D eigenvalue weighted by molar-refractivity contribution is 14.0. The summed E-state index contributed by atoms with van der Waals surface area (Å²) in [7, 11) is 1.79. The Kier molecular flexibility index (Phi) is 11.1. The molecule has 1 aliphatic carbocycles. The molecule has 0 bridgehead atoms. The van der Waals surface area contributed by atoms with Crippen LogP contribution in [0.5, 0.6) is 0 Å². The van der Waals surface area contributed by atoms with Gasteiger partial charge in [-0.1, -0.05) is 25.7 Å². The van der Waals surface area contributed by atoms with E-state index in [0.717, 1.165) is 32.2 Å². The largest absolute Gasteiger partial charge is 0.376 e. The summed E-state index contributed by atoms with van der Waals surface area (Å²) in [4.78, 5) is 8.24. The number of nitrogens with one attached hydrogen (secondary N) is 2. The van der Waals surface area contributed by atoms with Crippen molar-refractivity contribution in [2.45, 2.75) is 51.2 Å².